The Morgan fingerprint density at radius 2 is 1.77 bits per heavy atom. The van der Waals surface area contributed by atoms with Gasteiger partial charge in [0.05, 0.1) is 27.2 Å². The Bertz CT molecular complexity index is 1110. The number of nitrogens with zero attached hydrogens (tertiary/aromatic N) is 1. The number of carbonyl (C=O) groups is 2. The third-order valence-electron chi connectivity index (χ3n) is 10.8. The van der Waals surface area contributed by atoms with E-state index in [2.05, 4.69) is 26.5 Å². The Hall–Kier alpha value is -1.31. The number of hydrogen-bond acceptors (Lipinski definition) is 6. The predicted octanol–water partition coefficient (Wildman–Crippen LogP) is 5.99. The van der Waals surface area contributed by atoms with Crippen LogP contribution in [0.5, 0.6) is 0 Å². The standard InChI is InChI=1S/C31H50NO7P/c1-21(2)31(38-28(34)19-22(3)33)16-13-27-25-10-9-23-20-24(39-40(35,36)37-18-17-32(6,7)8)11-14-29(23,4)26(25)12-15-30(27,31)5/h9,24-27H,1,10-20H2,2-8H3/p+1/t24?,25?,26-,27-,29-,30-,31-/m0/s1. The Labute approximate surface area is 240 Å². The lowest BCUT2D eigenvalue weighted by molar-refractivity contribution is -0.870. The van der Waals surface area contributed by atoms with Gasteiger partial charge in [0.2, 0.25) is 0 Å². The molecule has 8 nitrogen and oxygen atoms in total. The van der Waals surface area contributed by atoms with E-state index >= 15 is 0 Å². The van der Waals surface area contributed by atoms with E-state index in [-0.39, 0.29) is 35.7 Å². The number of ketones is 1. The van der Waals surface area contributed by atoms with Gasteiger partial charge in [0.15, 0.2) is 0 Å². The molecular formula is C31H51NO7P+. The molecule has 1 N–H and O–H groups in total. The van der Waals surface area contributed by atoms with Crippen LogP contribution >= 0.6 is 7.82 Å². The van der Waals surface area contributed by atoms with Crippen molar-refractivity contribution in [3.05, 3.63) is 23.8 Å². The fourth-order valence-electron chi connectivity index (χ4n) is 8.75. The maximum atomic E-state index is 12.7. The number of allylic oxidation sites excluding steroid dienone is 1. The topological polar surface area (TPSA) is 99.1 Å². The van der Waals surface area contributed by atoms with Crippen molar-refractivity contribution in [3.63, 3.8) is 0 Å². The monoisotopic (exact) mass is 580 g/mol. The van der Waals surface area contributed by atoms with Crippen molar-refractivity contribution in [1.29, 1.82) is 0 Å². The minimum Gasteiger partial charge on any atom is -0.454 e. The number of ether oxygens (including phenoxy) is 1. The van der Waals surface area contributed by atoms with Gasteiger partial charge in [0, 0.05) is 5.41 Å². The van der Waals surface area contributed by atoms with Crippen molar-refractivity contribution in [1.82, 2.24) is 0 Å². The Morgan fingerprint density at radius 3 is 2.40 bits per heavy atom. The number of rotatable bonds is 10. The molecule has 0 saturated heterocycles. The first-order chi connectivity index (χ1) is 18.4. The van der Waals surface area contributed by atoms with Gasteiger partial charge in [-0.2, -0.15) is 0 Å². The molecule has 0 aromatic heterocycles. The van der Waals surface area contributed by atoms with Crippen molar-refractivity contribution < 1.29 is 37.3 Å². The van der Waals surface area contributed by atoms with Crippen LogP contribution in [0, 0.1) is 28.6 Å². The van der Waals surface area contributed by atoms with Gasteiger partial charge in [-0.05, 0) is 94.0 Å². The van der Waals surface area contributed by atoms with Crippen molar-refractivity contribution in [2.75, 3.05) is 34.3 Å². The number of carbonyl (C=O) groups excluding carboxylic acids is 2. The van der Waals surface area contributed by atoms with Crippen LogP contribution in [0.4, 0.5) is 0 Å². The fourth-order valence-corrected chi connectivity index (χ4v) is 9.68. The van der Waals surface area contributed by atoms with Crippen LogP contribution in [0.3, 0.4) is 0 Å². The lowest BCUT2D eigenvalue weighted by Gasteiger charge is -2.59. The maximum absolute atomic E-state index is 12.7. The number of phosphoric acid groups is 1. The van der Waals surface area contributed by atoms with Crippen LogP contribution in [0.1, 0.15) is 85.5 Å². The maximum Gasteiger partial charge on any atom is 0.472 e. The highest BCUT2D eigenvalue weighted by atomic mass is 31.2. The lowest BCUT2D eigenvalue weighted by Crippen LogP contribution is -2.56. The third kappa shape index (κ3) is 5.94. The highest BCUT2D eigenvalue weighted by molar-refractivity contribution is 7.47. The number of hydrogen-bond donors (Lipinski definition) is 1. The summed E-state index contributed by atoms with van der Waals surface area (Å²) in [6, 6.07) is 0. The van der Waals surface area contributed by atoms with Crippen LogP contribution in [0.25, 0.3) is 0 Å². The van der Waals surface area contributed by atoms with Gasteiger partial charge in [0.25, 0.3) is 0 Å². The Morgan fingerprint density at radius 1 is 1.10 bits per heavy atom. The molecule has 0 bridgehead atoms. The molecule has 3 unspecified atom stereocenters. The molecular weight excluding hydrogens is 529 g/mol. The molecule has 4 aliphatic rings. The molecule has 0 spiro atoms. The van der Waals surface area contributed by atoms with E-state index in [1.54, 1.807) is 0 Å². The Kier molecular flexibility index (Phi) is 8.75. The van der Waals surface area contributed by atoms with Gasteiger partial charge in [-0.15, -0.1) is 0 Å². The van der Waals surface area contributed by atoms with Gasteiger partial charge in [-0.25, -0.2) is 4.57 Å². The molecule has 226 valence electrons. The zero-order valence-electron chi connectivity index (χ0n) is 25.7. The first-order valence-corrected chi connectivity index (χ1v) is 16.4. The number of esters is 1. The molecule has 40 heavy (non-hydrogen) atoms. The van der Waals surface area contributed by atoms with E-state index < -0.39 is 19.4 Å². The van der Waals surface area contributed by atoms with E-state index in [1.807, 2.05) is 28.1 Å². The molecule has 3 fully saturated rings. The van der Waals surface area contributed by atoms with E-state index in [0.29, 0.717) is 35.2 Å². The van der Waals surface area contributed by atoms with Gasteiger partial charge < -0.3 is 14.1 Å². The zero-order chi connectivity index (χ0) is 29.7. The van der Waals surface area contributed by atoms with Crippen LogP contribution < -0.4 is 0 Å². The molecule has 9 heteroatoms. The largest absolute Gasteiger partial charge is 0.472 e. The molecule has 0 heterocycles. The molecule has 4 rings (SSSR count). The molecule has 8 atom stereocenters. The van der Waals surface area contributed by atoms with E-state index in [1.165, 1.54) is 12.5 Å². The summed E-state index contributed by atoms with van der Waals surface area (Å²) in [5, 5.41) is 0. The Balaban J connectivity index is 1.48. The number of likely N-dealkylation sites (N-methyl/N-ethyl adjacent to an activating group) is 1. The smallest absolute Gasteiger partial charge is 0.454 e. The predicted molar refractivity (Wildman–Crippen MR) is 154 cm³/mol. The second-order valence-corrected chi connectivity index (χ2v) is 15.9. The van der Waals surface area contributed by atoms with Gasteiger partial charge in [0.1, 0.15) is 31.0 Å². The molecule has 0 amide bonds. The minimum absolute atomic E-state index is 0.0217. The number of Topliss-reactive ketones (excluding diaryl/α,β-unsaturated/α-hetero) is 1. The summed E-state index contributed by atoms with van der Waals surface area (Å²) in [7, 11) is 1.91. The first-order valence-electron chi connectivity index (χ1n) is 15.0. The zero-order valence-corrected chi connectivity index (χ0v) is 26.6. The van der Waals surface area contributed by atoms with Gasteiger partial charge in [-0.3, -0.25) is 18.6 Å². The van der Waals surface area contributed by atoms with Crippen LogP contribution in [-0.2, 0) is 27.9 Å². The van der Waals surface area contributed by atoms with Crippen LogP contribution in [0.15, 0.2) is 23.8 Å². The molecule has 4 aliphatic carbocycles. The van der Waals surface area contributed by atoms with Gasteiger partial charge in [-0.1, -0.05) is 32.1 Å². The third-order valence-corrected chi connectivity index (χ3v) is 11.9. The van der Waals surface area contributed by atoms with E-state index in [0.717, 1.165) is 50.5 Å². The van der Waals surface area contributed by atoms with Crippen molar-refractivity contribution in [2.45, 2.75) is 97.2 Å². The lowest BCUT2D eigenvalue weighted by atomic mass is 9.46. The molecule has 0 aromatic rings. The minimum atomic E-state index is -4.12. The van der Waals surface area contributed by atoms with Gasteiger partial charge >= 0.3 is 13.8 Å². The van der Waals surface area contributed by atoms with Crippen LogP contribution in [0.2, 0.25) is 0 Å². The number of phosphoric ester groups is 1. The first kappa shape index (κ1) is 31.6. The van der Waals surface area contributed by atoms with Crippen molar-refractivity contribution >= 4 is 19.6 Å². The molecule has 0 radical (unpaired) electrons. The van der Waals surface area contributed by atoms with Crippen molar-refractivity contribution in [2.24, 2.45) is 28.6 Å². The van der Waals surface area contributed by atoms with E-state index in [4.69, 9.17) is 13.8 Å². The van der Waals surface area contributed by atoms with Crippen molar-refractivity contribution in [3.8, 4) is 0 Å². The summed E-state index contributed by atoms with van der Waals surface area (Å²) in [6.45, 7) is 13.1. The van der Waals surface area contributed by atoms with Crippen LogP contribution in [-0.4, -0.2) is 67.1 Å². The SMILES string of the molecule is C=C(C)[C@@]1(OC(=O)CC(C)=O)CC[C@H]2C3CC=C4CC(OP(=O)(O)OCC[N+](C)(C)C)CC[C@]4(C)[C@H]3CC[C@@]21C. The second kappa shape index (κ2) is 11.1. The second-order valence-electron chi connectivity index (χ2n) is 14.5. The fraction of sp³-hybridized carbons (Fsp3) is 0.806. The summed E-state index contributed by atoms with van der Waals surface area (Å²) in [5.41, 5.74) is 1.28. The molecule has 0 aliphatic heterocycles. The molecule has 3 saturated carbocycles. The summed E-state index contributed by atoms with van der Waals surface area (Å²) in [4.78, 5) is 34.7. The molecule has 0 aromatic carbocycles. The summed E-state index contributed by atoms with van der Waals surface area (Å²) in [6.07, 6.45) is 8.77. The number of fused-ring (bicyclic) bond motifs is 5. The number of quaternary nitrogens is 1. The highest BCUT2D eigenvalue weighted by Crippen LogP contribution is 2.69. The average Bonchev–Trinajstić information content (AvgIpc) is 3.10. The average molecular weight is 581 g/mol. The summed E-state index contributed by atoms with van der Waals surface area (Å²) < 4.78 is 30.5. The highest BCUT2D eigenvalue weighted by Gasteiger charge is 2.66. The normalized spacial score (nSPS) is 38.8. The summed E-state index contributed by atoms with van der Waals surface area (Å²) in [5.74, 6) is 0.737. The quantitative estimate of drug-likeness (QED) is 0.111. The van der Waals surface area contributed by atoms with E-state index in [9.17, 15) is 19.0 Å². The summed E-state index contributed by atoms with van der Waals surface area (Å²) >= 11 is 0.